The van der Waals surface area contributed by atoms with Crippen molar-refractivity contribution in [1.82, 2.24) is 5.01 Å². The van der Waals surface area contributed by atoms with Crippen LogP contribution in [0.15, 0.2) is 29.3 Å². The SMILES string of the molecule is NN1CCC2OC3C=CC=CC3[C@]3(COC=N3)C2C1. The van der Waals surface area contributed by atoms with Gasteiger partial charge < -0.3 is 9.47 Å². The van der Waals surface area contributed by atoms with Crippen molar-refractivity contribution in [3.05, 3.63) is 24.3 Å². The average molecular weight is 261 g/mol. The minimum atomic E-state index is -0.202. The van der Waals surface area contributed by atoms with Crippen LogP contribution in [-0.2, 0) is 9.47 Å². The number of rotatable bonds is 0. The predicted molar refractivity (Wildman–Crippen MR) is 71.5 cm³/mol. The lowest BCUT2D eigenvalue weighted by Gasteiger charge is -2.53. The third kappa shape index (κ3) is 1.62. The summed E-state index contributed by atoms with van der Waals surface area (Å²) in [5, 5.41) is 1.89. The summed E-state index contributed by atoms with van der Waals surface area (Å²) in [7, 11) is 0. The molecule has 19 heavy (non-hydrogen) atoms. The summed E-state index contributed by atoms with van der Waals surface area (Å²) >= 11 is 0. The number of nitrogens with two attached hydrogens (primary N) is 1. The van der Waals surface area contributed by atoms with Gasteiger partial charge in [-0.1, -0.05) is 24.3 Å². The van der Waals surface area contributed by atoms with Crippen molar-refractivity contribution in [2.75, 3.05) is 19.7 Å². The molecule has 102 valence electrons. The molecule has 2 saturated heterocycles. The fraction of sp³-hybridized carbons (Fsp3) is 0.643. The summed E-state index contributed by atoms with van der Waals surface area (Å²) in [4.78, 5) is 4.74. The van der Waals surface area contributed by atoms with E-state index in [4.69, 9.17) is 20.3 Å². The molecule has 1 aliphatic carbocycles. The number of hydrazine groups is 1. The Hall–Kier alpha value is -1.17. The van der Waals surface area contributed by atoms with Crippen molar-refractivity contribution in [3.63, 3.8) is 0 Å². The number of piperidine rings is 1. The van der Waals surface area contributed by atoms with Gasteiger partial charge in [0.05, 0.1) is 12.2 Å². The maximum absolute atomic E-state index is 6.28. The summed E-state index contributed by atoms with van der Waals surface area (Å²) in [6, 6.07) is 0. The Morgan fingerprint density at radius 1 is 1.32 bits per heavy atom. The maximum atomic E-state index is 6.28. The first-order chi connectivity index (χ1) is 9.29. The summed E-state index contributed by atoms with van der Waals surface area (Å²) in [6.07, 6.45) is 11.4. The van der Waals surface area contributed by atoms with Crippen LogP contribution in [-0.4, -0.2) is 48.9 Å². The van der Waals surface area contributed by atoms with Crippen LogP contribution in [0.4, 0.5) is 0 Å². The largest absolute Gasteiger partial charge is 0.481 e. The Kier molecular flexibility index (Phi) is 2.55. The molecule has 2 N–H and O–H groups in total. The molecule has 5 nitrogen and oxygen atoms in total. The number of hydrogen-bond donors (Lipinski definition) is 1. The van der Waals surface area contributed by atoms with E-state index in [-0.39, 0.29) is 23.7 Å². The summed E-state index contributed by atoms with van der Waals surface area (Å²) in [6.45, 7) is 2.36. The van der Waals surface area contributed by atoms with Crippen LogP contribution in [0, 0.1) is 11.8 Å². The normalized spacial score (nSPS) is 48.1. The highest BCUT2D eigenvalue weighted by Gasteiger charge is 2.58. The smallest absolute Gasteiger partial charge is 0.170 e. The van der Waals surface area contributed by atoms with Gasteiger partial charge in [-0.3, -0.25) is 5.84 Å². The highest BCUT2D eigenvalue weighted by Crippen LogP contribution is 2.47. The number of fused-ring (bicyclic) bond motifs is 4. The van der Waals surface area contributed by atoms with Gasteiger partial charge in [-0.05, 0) is 6.42 Å². The number of allylic oxidation sites excluding steroid dienone is 2. The predicted octanol–water partition coefficient (Wildman–Crippen LogP) is 0.489. The van der Waals surface area contributed by atoms with Gasteiger partial charge in [-0.15, -0.1) is 0 Å². The van der Waals surface area contributed by atoms with Crippen molar-refractivity contribution in [2.45, 2.75) is 24.2 Å². The maximum Gasteiger partial charge on any atom is 0.170 e. The second-order valence-corrected chi connectivity index (χ2v) is 5.86. The van der Waals surface area contributed by atoms with Crippen LogP contribution < -0.4 is 5.84 Å². The molecule has 5 heteroatoms. The van der Waals surface area contributed by atoms with E-state index in [9.17, 15) is 0 Å². The first kappa shape index (κ1) is 11.6. The Labute approximate surface area is 112 Å². The highest BCUT2D eigenvalue weighted by atomic mass is 16.5. The molecule has 4 rings (SSSR count). The number of hydrogen-bond acceptors (Lipinski definition) is 5. The van der Waals surface area contributed by atoms with Crippen molar-refractivity contribution in [1.29, 1.82) is 0 Å². The first-order valence-electron chi connectivity index (χ1n) is 6.95. The van der Waals surface area contributed by atoms with Gasteiger partial charge in [-0.25, -0.2) is 10.0 Å². The topological polar surface area (TPSA) is 60.1 Å². The van der Waals surface area contributed by atoms with Crippen LogP contribution in [0.25, 0.3) is 0 Å². The lowest BCUT2D eigenvalue weighted by molar-refractivity contribution is -0.152. The van der Waals surface area contributed by atoms with Crippen LogP contribution >= 0.6 is 0 Å². The monoisotopic (exact) mass is 261 g/mol. The highest BCUT2D eigenvalue weighted by molar-refractivity contribution is 5.52. The molecule has 0 saturated carbocycles. The lowest BCUT2D eigenvalue weighted by Crippen LogP contribution is -2.65. The van der Waals surface area contributed by atoms with Crippen LogP contribution in [0.1, 0.15) is 6.42 Å². The third-order valence-corrected chi connectivity index (χ3v) is 4.90. The second kappa shape index (κ2) is 4.16. The van der Waals surface area contributed by atoms with E-state index >= 15 is 0 Å². The van der Waals surface area contributed by atoms with Crippen molar-refractivity contribution < 1.29 is 9.47 Å². The molecule has 0 aromatic rings. The quantitative estimate of drug-likeness (QED) is 0.645. The van der Waals surface area contributed by atoms with E-state index in [1.165, 1.54) is 0 Å². The molecule has 1 spiro atoms. The molecule has 0 amide bonds. The van der Waals surface area contributed by atoms with Gasteiger partial charge in [0.2, 0.25) is 0 Å². The molecule has 4 aliphatic rings. The fourth-order valence-electron chi connectivity index (χ4n) is 3.94. The second-order valence-electron chi connectivity index (χ2n) is 5.86. The zero-order chi connectivity index (χ0) is 12.9. The van der Waals surface area contributed by atoms with Crippen molar-refractivity contribution in [3.8, 4) is 0 Å². The van der Waals surface area contributed by atoms with E-state index in [1.54, 1.807) is 6.40 Å². The number of ether oxygens (including phenoxy) is 2. The van der Waals surface area contributed by atoms with Gasteiger partial charge in [0.25, 0.3) is 0 Å². The molecule has 0 aromatic carbocycles. The number of nitrogens with zero attached hydrogens (tertiary/aromatic N) is 2. The molecule has 2 fully saturated rings. The van der Waals surface area contributed by atoms with E-state index in [0.717, 1.165) is 19.5 Å². The van der Waals surface area contributed by atoms with Gasteiger partial charge in [0.1, 0.15) is 12.1 Å². The molecule has 0 bridgehead atoms. The zero-order valence-electron chi connectivity index (χ0n) is 10.8. The zero-order valence-corrected chi connectivity index (χ0v) is 10.8. The molecule has 4 unspecified atom stereocenters. The van der Waals surface area contributed by atoms with Gasteiger partial charge in [-0.2, -0.15) is 0 Å². The Bertz CT molecular complexity index is 462. The van der Waals surface area contributed by atoms with Crippen LogP contribution in [0.2, 0.25) is 0 Å². The molecule has 5 atom stereocenters. The fourth-order valence-corrected chi connectivity index (χ4v) is 3.94. The number of aliphatic imine (C=N–C) groups is 1. The van der Waals surface area contributed by atoms with E-state index < -0.39 is 0 Å². The summed E-state index contributed by atoms with van der Waals surface area (Å²) in [5.74, 6) is 6.58. The summed E-state index contributed by atoms with van der Waals surface area (Å²) < 4.78 is 11.8. The van der Waals surface area contributed by atoms with Crippen molar-refractivity contribution in [2.24, 2.45) is 22.7 Å². The van der Waals surface area contributed by atoms with Gasteiger partial charge >= 0.3 is 0 Å². The molecular weight excluding hydrogens is 242 g/mol. The Balaban J connectivity index is 1.75. The molecular formula is C14H19N3O2. The average Bonchev–Trinajstić information content (AvgIpc) is 2.91. The third-order valence-electron chi connectivity index (χ3n) is 4.90. The lowest BCUT2D eigenvalue weighted by atomic mass is 9.65. The summed E-state index contributed by atoms with van der Waals surface area (Å²) in [5.41, 5.74) is -0.202. The minimum Gasteiger partial charge on any atom is -0.481 e. The van der Waals surface area contributed by atoms with Crippen LogP contribution in [0.5, 0.6) is 0 Å². The van der Waals surface area contributed by atoms with Crippen molar-refractivity contribution >= 4 is 6.40 Å². The minimum absolute atomic E-state index is 0.120. The standard InChI is InChI=1S/C14H19N3O2/c15-17-6-5-13-11(7-17)14(8-18-9-16-14)10-3-1-2-4-12(10)19-13/h1-4,9-13H,5-8,15H2/t10?,11?,12?,13?,14-/m1/s1. The molecule has 0 radical (unpaired) electrons. The van der Waals surface area contributed by atoms with E-state index in [1.807, 2.05) is 5.01 Å². The Morgan fingerprint density at radius 3 is 3.05 bits per heavy atom. The first-order valence-corrected chi connectivity index (χ1v) is 6.95. The molecule has 3 heterocycles. The molecule has 0 aromatic heterocycles. The Morgan fingerprint density at radius 2 is 2.21 bits per heavy atom. The van der Waals surface area contributed by atoms with Gasteiger partial charge in [0, 0.05) is 24.9 Å². The van der Waals surface area contributed by atoms with E-state index in [0.29, 0.717) is 12.5 Å². The van der Waals surface area contributed by atoms with E-state index in [2.05, 4.69) is 24.3 Å². The van der Waals surface area contributed by atoms with Gasteiger partial charge in [0.15, 0.2) is 6.40 Å². The van der Waals surface area contributed by atoms with Crippen LogP contribution in [0.3, 0.4) is 0 Å². The molecule has 3 aliphatic heterocycles.